The van der Waals surface area contributed by atoms with Crippen LogP contribution in [0.15, 0.2) is 32.5 Å². The second kappa shape index (κ2) is 6.39. The fraction of sp³-hybridized carbons (Fsp3) is 0.286. The molecule has 0 aliphatic carbocycles. The van der Waals surface area contributed by atoms with Gasteiger partial charge in [-0.05, 0) is 58.0 Å². The molecule has 0 saturated heterocycles. The largest absolute Gasteiger partial charge is 0.496 e. The van der Waals surface area contributed by atoms with Crippen LogP contribution in [0.2, 0.25) is 0 Å². The molecule has 19 heavy (non-hydrogen) atoms. The fourth-order valence-corrected chi connectivity index (χ4v) is 4.25. The van der Waals surface area contributed by atoms with Gasteiger partial charge in [-0.1, -0.05) is 17.7 Å². The van der Waals surface area contributed by atoms with E-state index in [2.05, 4.69) is 62.3 Å². The van der Waals surface area contributed by atoms with Crippen molar-refractivity contribution in [3.8, 4) is 5.75 Å². The molecule has 0 amide bonds. The van der Waals surface area contributed by atoms with Gasteiger partial charge in [0, 0.05) is 14.9 Å². The number of hydrogen-bond acceptors (Lipinski definition) is 3. The molecule has 1 N–H and O–H groups in total. The highest BCUT2D eigenvalue weighted by Gasteiger charge is 2.19. The van der Waals surface area contributed by atoms with Gasteiger partial charge in [0.1, 0.15) is 5.75 Å². The Morgan fingerprint density at radius 2 is 2.00 bits per heavy atom. The standard InChI is InChI=1S/C14H15Br2NOS/c1-8-4-5-11(18-3)9(6-8)13(17-2)12-7-10(15)14(16)19-12/h4-7,13,17H,1-3H3. The quantitative estimate of drug-likeness (QED) is 0.782. The van der Waals surface area contributed by atoms with Gasteiger partial charge in [-0.3, -0.25) is 0 Å². The molecule has 2 aromatic rings. The van der Waals surface area contributed by atoms with Gasteiger partial charge in [0.05, 0.1) is 16.9 Å². The molecule has 0 aliphatic rings. The van der Waals surface area contributed by atoms with Crippen LogP contribution < -0.4 is 10.1 Å². The van der Waals surface area contributed by atoms with Crippen molar-refractivity contribution in [1.82, 2.24) is 5.32 Å². The Labute approximate surface area is 134 Å². The highest BCUT2D eigenvalue weighted by molar-refractivity contribution is 9.13. The van der Waals surface area contributed by atoms with E-state index in [1.165, 1.54) is 10.4 Å². The third kappa shape index (κ3) is 3.21. The first-order valence-corrected chi connectivity index (χ1v) is 8.23. The van der Waals surface area contributed by atoms with E-state index in [9.17, 15) is 0 Å². The third-order valence-electron chi connectivity index (χ3n) is 2.93. The third-order valence-corrected chi connectivity index (χ3v) is 6.25. The number of ether oxygens (including phenoxy) is 1. The van der Waals surface area contributed by atoms with E-state index < -0.39 is 0 Å². The maximum Gasteiger partial charge on any atom is 0.124 e. The van der Waals surface area contributed by atoms with Gasteiger partial charge in [-0.2, -0.15) is 0 Å². The zero-order valence-corrected chi connectivity index (χ0v) is 14.9. The molecule has 2 nitrogen and oxygen atoms in total. The smallest absolute Gasteiger partial charge is 0.124 e. The van der Waals surface area contributed by atoms with Crippen molar-refractivity contribution in [2.45, 2.75) is 13.0 Å². The predicted molar refractivity (Wildman–Crippen MR) is 88.4 cm³/mol. The second-order valence-corrected chi connectivity index (χ2v) is 7.49. The van der Waals surface area contributed by atoms with Gasteiger partial charge in [-0.25, -0.2) is 0 Å². The molecule has 1 heterocycles. The Kier molecular flexibility index (Phi) is 5.06. The van der Waals surface area contributed by atoms with Crippen LogP contribution in [0.5, 0.6) is 5.75 Å². The normalized spacial score (nSPS) is 12.5. The molecular formula is C14H15Br2NOS. The number of methoxy groups -OCH3 is 1. The monoisotopic (exact) mass is 403 g/mol. The number of rotatable bonds is 4. The minimum absolute atomic E-state index is 0.127. The Morgan fingerprint density at radius 1 is 1.26 bits per heavy atom. The van der Waals surface area contributed by atoms with Crippen LogP contribution in [-0.4, -0.2) is 14.2 Å². The molecule has 1 aromatic heterocycles. The number of halogens is 2. The van der Waals surface area contributed by atoms with Crippen molar-refractivity contribution in [2.24, 2.45) is 0 Å². The van der Waals surface area contributed by atoms with Crippen molar-refractivity contribution < 1.29 is 4.74 Å². The Morgan fingerprint density at radius 3 is 2.53 bits per heavy atom. The molecule has 0 radical (unpaired) electrons. The Bertz CT molecular complexity index is 563. The average Bonchev–Trinajstić information content (AvgIpc) is 2.70. The number of aryl methyl sites for hydroxylation is 1. The van der Waals surface area contributed by atoms with Gasteiger partial charge in [0.2, 0.25) is 0 Å². The zero-order valence-electron chi connectivity index (χ0n) is 11.0. The SMILES string of the molecule is CNC(c1cc(Br)c(Br)s1)c1cc(C)ccc1OC. The molecule has 0 saturated carbocycles. The molecule has 0 aliphatic heterocycles. The Hall–Kier alpha value is -0.360. The summed E-state index contributed by atoms with van der Waals surface area (Å²) in [7, 11) is 3.68. The van der Waals surface area contributed by atoms with Gasteiger partial charge in [-0.15, -0.1) is 11.3 Å². The van der Waals surface area contributed by atoms with Crippen LogP contribution in [0.4, 0.5) is 0 Å². The summed E-state index contributed by atoms with van der Waals surface area (Å²) in [5.41, 5.74) is 2.39. The summed E-state index contributed by atoms with van der Waals surface area (Å²) in [5, 5.41) is 3.37. The summed E-state index contributed by atoms with van der Waals surface area (Å²) in [6, 6.07) is 8.52. The van der Waals surface area contributed by atoms with Crippen LogP contribution in [0, 0.1) is 6.92 Å². The van der Waals surface area contributed by atoms with E-state index in [1.807, 2.05) is 13.1 Å². The molecule has 0 bridgehead atoms. The summed E-state index contributed by atoms with van der Waals surface area (Å²) >= 11 is 8.81. The van der Waals surface area contributed by atoms with Crippen molar-refractivity contribution in [1.29, 1.82) is 0 Å². The van der Waals surface area contributed by atoms with E-state index in [-0.39, 0.29) is 6.04 Å². The van der Waals surface area contributed by atoms with Crippen molar-refractivity contribution in [2.75, 3.05) is 14.2 Å². The van der Waals surface area contributed by atoms with Crippen molar-refractivity contribution in [3.63, 3.8) is 0 Å². The average molecular weight is 405 g/mol. The second-order valence-electron chi connectivity index (χ2n) is 4.24. The maximum absolute atomic E-state index is 5.48. The Balaban J connectivity index is 2.50. The highest BCUT2D eigenvalue weighted by atomic mass is 79.9. The molecule has 0 fully saturated rings. The number of nitrogens with one attached hydrogen (secondary N) is 1. The summed E-state index contributed by atoms with van der Waals surface area (Å²) in [4.78, 5) is 1.24. The summed E-state index contributed by atoms with van der Waals surface area (Å²) < 4.78 is 7.67. The summed E-state index contributed by atoms with van der Waals surface area (Å²) in [5.74, 6) is 0.908. The van der Waals surface area contributed by atoms with E-state index in [0.29, 0.717) is 0 Å². The molecule has 2 rings (SSSR count). The molecule has 0 spiro atoms. The molecule has 1 atom stereocenters. The first-order valence-electron chi connectivity index (χ1n) is 5.83. The van der Waals surface area contributed by atoms with Crippen LogP contribution >= 0.6 is 43.2 Å². The van der Waals surface area contributed by atoms with Gasteiger partial charge in [0.15, 0.2) is 0 Å². The molecule has 5 heteroatoms. The summed E-state index contributed by atoms with van der Waals surface area (Å²) in [6.45, 7) is 2.09. The van der Waals surface area contributed by atoms with E-state index in [0.717, 1.165) is 19.6 Å². The molecular weight excluding hydrogens is 390 g/mol. The number of benzene rings is 1. The van der Waals surface area contributed by atoms with Crippen molar-refractivity contribution >= 4 is 43.2 Å². The highest BCUT2D eigenvalue weighted by Crippen LogP contribution is 2.39. The van der Waals surface area contributed by atoms with Gasteiger partial charge in [0.25, 0.3) is 0 Å². The minimum atomic E-state index is 0.127. The number of hydrogen-bond donors (Lipinski definition) is 1. The number of thiophene rings is 1. The van der Waals surface area contributed by atoms with Gasteiger partial charge >= 0.3 is 0 Å². The zero-order chi connectivity index (χ0) is 14.0. The van der Waals surface area contributed by atoms with Gasteiger partial charge < -0.3 is 10.1 Å². The van der Waals surface area contributed by atoms with Crippen molar-refractivity contribution in [3.05, 3.63) is 48.5 Å². The van der Waals surface area contributed by atoms with Crippen LogP contribution in [0.1, 0.15) is 22.0 Å². The van der Waals surface area contributed by atoms with E-state index in [4.69, 9.17) is 4.74 Å². The molecule has 102 valence electrons. The molecule has 1 aromatic carbocycles. The summed E-state index contributed by atoms with van der Waals surface area (Å²) in [6.07, 6.45) is 0. The predicted octanol–water partition coefficient (Wildman–Crippen LogP) is 4.90. The lowest BCUT2D eigenvalue weighted by atomic mass is 10.0. The fourth-order valence-electron chi connectivity index (χ4n) is 2.04. The lowest BCUT2D eigenvalue weighted by Gasteiger charge is -2.18. The molecule has 1 unspecified atom stereocenters. The maximum atomic E-state index is 5.48. The lowest BCUT2D eigenvalue weighted by Crippen LogP contribution is -2.17. The van der Waals surface area contributed by atoms with Crippen LogP contribution in [0.25, 0.3) is 0 Å². The van der Waals surface area contributed by atoms with Crippen LogP contribution in [-0.2, 0) is 0 Å². The lowest BCUT2D eigenvalue weighted by molar-refractivity contribution is 0.405. The van der Waals surface area contributed by atoms with Crippen LogP contribution in [0.3, 0.4) is 0 Å². The van der Waals surface area contributed by atoms with E-state index >= 15 is 0 Å². The first kappa shape index (κ1) is 15.0. The van der Waals surface area contributed by atoms with E-state index in [1.54, 1.807) is 18.4 Å². The first-order chi connectivity index (χ1) is 9.06. The topological polar surface area (TPSA) is 21.3 Å². The minimum Gasteiger partial charge on any atom is -0.496 e.